The molecule has 1 atom stereocenters. The molecule has 2 N–H and O–H groups in total. The van der Waals surface area contributed by atoms with Gasteiger partial charge in [-0.15, -0.1) is 0 Å². The Kier molecular flexibility index (Phi) is 3.29. The summed E-state index contributed by atoms with van der Waals surface area (Å²) in [5.41, 5.74) is 2.72. The van der Waals surface area contributed by atoms with Gasteiger partial charge in [0.05, 0.1) is 30.7 Å². The van der Waals surface area contributed by atoms with Crippen LogP contribution >= 0.6 is 0 Å². The van der Waals surface area contributed by atoms with E-state index in [0.29, 0.717) is 13.2 Å². The normalized spacial score (nSPS) is 18.4. The lowest BCUT2D eigenvalue weighted by Gasteiger charge is -2.10. The van der Waals surface area contributed by atoms with E-state index in [2.05, 4.69) is 15.3 Å². The molecule has 0 bridgehead atoms. The van der Waals surface area contributed by atoms with Gasteiger partial charge in [0.1, 0.15) is 0 Å². The molecule has 5 heteroatoms. The molecule has 0 radical (unpaired) electrons. The van der Waals surface area contributed by atoms with Crippen molar-refractivity contribution in [2.75, 3.05) is 18.5 Å². The zero-order valence-corrected chi connectivity index (χ0v) is 10.4. The SMILES string of the molecule is O=C(Nc1cccc(-c2cnc[nH]2)c1)C1CCOC1. The van der Waals surface area contributed by atoms with Crippen LogP contribution in [-0.4, -0.2) is 29.1 Å². The van der Waals surface area contributed by atoms with Crippen LogP contribution in [-0.2, 0) is 9.53 Å². The lowest BCUT2D eigenvalue weighted by atomic mass is 10.1. The Morgan fingerprint density at radius 1 is 1.47 bits per heavy atom. The number of aromatic amines is 1. The highest BCUT2D eigenvalue weighted by molar-refractivity contribution is 5.93. The highest BCUT2D eigenvalue weighted by Gasteiger charge is 2.23. The number of rotatable bonds is 3. The van der Waals surface area contributed by atoms with Crippen LogP contribution in [0.25, 0.3) is 11.3 Å². The Morgan fingerprint density at radius 3 is 3.16 bits per heavy atom. The Balaban J connectivity index is 1.74. The first-order valence-corrected chi connectivity index (χ1v) is 6.30. The van der Waals surface area contributed by atoms with Crippen LogP contribution < -0.4 is 5.32 Å². The summed E-state index contributed by atoms with van der Waals surface area (Å²) in [5, 5.41) is 2.93. The Hall–Kier alpha value is -2.14. The van der Waals surface area contributed by atoms with Gasteiger partial charge in [-0.05, 0) is 18.6 Å². The van der Waals surface area contributed by atoms with Crippen molar-refractivity contribution in [1.82, 2.24) is 9.97 Å². The molecule has 1 fully saturated rings. The van der Waals surface area contributed by atoms with E-state index in [9.17, 15) is 4.79 Å². The topological polar surface area (TPSA) is 67.0 Å². The third kappa shape index (κ3) is 2.66. The second kappa shape index (κ2) is 5.24. The summed E-state index contributed by atoms with van der Waals surface area (Å²) in [6.45, 7) is 1.19. The van der Waals surface area contributed by atoms with Crippen molar-refractivity contribution < 1.29 is 9.53 Å². The molecule has 5 nitrogen and oxygen atoms in total. The Bertz CT molecular complexity index is 560. The molecule has 1 aromatic carbocycles. The predicted octanol–water partition coefficient (Wildman–Crippen LogP) is 2.05. The molecule has 0 spiro atoms. The first-order valence-electron chi connectivity index (χ1n) is 6.30. The monoisotopic (exact) mass is 257 g/mol. The van der Waals surface area contributed by atoms with Crippen molar-refractivity contribution in [3.8, 4) is 11.3 Å². The molecule has 19 heavy (non-hydrogen) atoms. The maximum atomic E-state index is 12.0. The summed E-state index contributed by atoms with van der Waals surface area (Å²) in [4.78, 5) is 19.0. The predicted molar refractivity (Wildman–Crippen MR) is 71.6 cm³/mol. The van der Waals surface area contributed by atoms with Gasteiger partial charge >= 0.3 is 0 Å². The number of ether oxygens (including phenoxy) is 1. The first-order chi connectivity index (χ1) is 9.33. The number of benzene rings is 1. The maximum Gasteiger partial charge on any atom is 0.229 e. The quantitative estimate of drug-likeness (QED) is 0.884. The van der Waals surface area contributed by atoms with Crippen molar-refractivity contribution in [2.45, 2.75) is 6.42 Å². The van der Waals surface area contributed by atoms with Gasteiger partial charge in [0.2, 0.25) is 5.91 Å². The maximum absolute atomic E-state index is 12.0. The molecular weight excluding hydrogens is 242 g/mol. The summed E-state index contributed by atoms with van der Waals surface area (Å²) in [5.74, 6) is -0.00456. The smallest absolute Gasteiger partial charge is 0.229 e. The number of anilines is 1. The molecule has 1 aliphatic rings. The zero-order valence-electron chi connectivity index (χ0n) is 10.4. The lowest BCUT2D eigenvalue weighted by molar-refractivity contribution is -0.119. The number of hydrogen-bond donors (Lipinski definition) is 2. The minimum Gasteiger partial charge on any atom is -0.381 e. The van der Waals surface area contributed by atoms with Crippen LogP contribution in [0, 0.1) is 5.92 Å². The molecule has 1 saturated heterocycles. The number of nitrogens with one attached hydrogen (secondary N) is 2. The lowest BCUT2D eigenvalue weighted by Crippen LogP contribution is -2.22. The summed E-state index contributed by atoms with van der Waals surface area (Å²) < 4.78 is 5.22. The number of carbonyl (C=O) groups is 1. The van der Waals surface area contributed by atoms with Crippen LogP contribution in [0.5, 0.6) is 0 Å². The molecule has 0 aliphatic carbocycles. The molecule has 1 aliphatic heterocycles. The molecule has 1 unspecified atom stereocenters. The fourth-order valence-corrected chi connectivity index (χ4v) is 2.16. The molecule has 98 valence electrons. The van der Waals surface area contributed by atoms with Gasteiger partial charge in [-0.2, -0.15) is 0 Å². The van der Waals surface area contributed by atoms with Crippen LogP contribution in [0.1, 0.15) is 6.42 Å². The van der Waals surface area contributed by atoms with E-state index in [1.165, 1.54) is 0 Å². The van der Waals surface area contributed by atoms with E-state index < -0.39 is 0 Å². The Morgan fingerprint density at radius 2 is 2.42 bits per heavy atom. The van der Waals surface area contributed by atoms with Gasteiger partial charge in [-0.1, -0.05) is 12.1 Å². The molecule has 0 saturated carbocycles. The average molecular weight is 257 g/mol. The first kappa shape index (κ1) is 11.9. The van der Waals surface area contributed by atoms with E-state index in [1.54, 1.807) is 12.5 Å². The van der Waals surface area contributed by atoms with E-state index in [4.69, 9.17) is 4.74 Å². The number of amides is 1. The third-order valence-corrected chi connectivity index (χ3v) is 3.24. The third-order valence-electron chi connectivity index (χ3n) is 3.24. The standard InChI is InChI=1S/C14H15N3O2/c18-14(11-4-5-19-8-11)17-12-3-1-2-10(6-12)13-7-15-9-16-13/h1-3,6-7,9,11H,4-5,8H2,(H,15,16)(H,17,18). The van der Waals surface area contributed by atoms with Gasteiger partial charge < -0.3 is 15.0 Å². The summed E-state index contributed by atoms with van der Waals surface area (Å²) >= 11 is 0. The van der Waals surface area contributed by atoms with Crippen molar-refractivity contribution >= 4 is 11.6 Å². The zero-order chi connectivity index (χ0) is 13.1. The summed E-state index contributed by atoms with van der Waals surface area (Å²) in [6.07, 6.45) is 4.19. The largest absolute Gasteiger partial charge is 0.381 e. The second-order valence-corrected chi connectivity index (χ2v) is 4.60. The highest BCUT2D eigenvalue weighted by atomic mass is 16.5. The van der Waals surface area contributed by atoms with Gasteiger partial charge in [0.15, 0.2) is 0 Å². The average Bonchev–Trinajstić information content (AvgIpc) is 3.13. The van der Waals surface area contributed by atoms with Gasteiger partial charge in [0.25, 0.3) is 0 Å². The van der Waals surface area contributed by atoms with Crippen molar-refractivity contribution in [1.29, 1.82) is 0 Å². The second-order valence-electron chi connectivity index (χ2n) is 4.60. The Labute approximate surface area is 111 Å². The molecular formula is C14H15N3O2. The van der Waals surface area contributed by atoms with Crippen molar-refractivity contribution in [2.24, 2.45) is 5.92 Å². The number of nitrogens with zero attached hydrogens (tertiary/aromatic N) is 1. The van der Waals surface area contributed by atoms with E-state index in [1.807, 2.05) is 24.3 Å². The molecule has 1 aromatic heterocycles. The summed E-state index contributed by atoms with van der Waals surface area (Å²) in [7, 11) is 0. The molecule has 1 amide bonds. The number of H-pyrrole nitrogens is 1. The van der Waals surface area contributed by atoms with E-state index in [0.717, 1.165) is 23.4 Å². The van der Waals surface area contributed by atoms with Gasteiger partial charge in [-0.3, -0.25) is 4.79 Å². The van der Waals surface area contributed by atoms with E-state index in [-0.39, 0.29) is 11.8 Å². The molecule has 2 aromatic rings. The number of hydrogen-bond acceptors (Lipinski definition) is 3. The van der Waals surface area contributed by atoms with Crippen LogP contribution in [0.4, 0.5) is 5.69 Å². The number of imidazole rings is 1. The van der Waals surface area contributed by atoms with Crippen LogP contribution in [0.15, 0.2) is 36.8 Å². The fourth-order valence-electron chi connectivity index (χ4n) is 2.16. The minimum atomic E-state index is -0.0317. The summed E-state index contributed by atoms with van der Waals surface area (Å²) in [6, 6.07) is 7.70. The molecule has 2 heterocycles. The number of carbonyl (C=O) groups excluding carboxylic acids is 1. The van der Waals surface area contributed by atoms with Crippen LogP contribution in [0.3, 0.4) is 0 Å². The van der Waals surface area contributed by atoms with Crippen molar-refractivity contribution in [3.63, 3.8) is 0 Å². The highest BCUT2D eigenvalue weighted by Crippen LogP contribution is 2.21. The fraction of sp³-hybridized carbons (Fsp3) is 0.286. The minimum absolute atomic E-state index is 0.0271. The van der Waals surface area contributed by atoms with Crippen LogP contribution in [0.2, 0.25) is 0 Å². The van der Waals surface area contributed by atoms with Gasteiger partial charge in [-0.25, -0.2) is 4.98 Å². The number of aromatic nitrogens is 2. The van der Waals surface area contributed by atoms with Gasteiger partial charge in [0, 0.05) is 17.9 Å². The van der Waals surface area contributed by atoms with E-state index >= 15 is 0 Å². The van der Waals surface area contributed by atoms with Crippen molar-refractivity contribution in [3.05, 3.63) is 36.8 Å². The molecule has 3 rings (SSSR count).